The van der Waals surface area contributed by atoms with E-state index in [1.54, 1.807) is 23.6 Å². The second-order valence-electron chi connectivity index (χ2n) is 5.77. The number of benzene rings is 2. The smallest absolute Gasteiger partial charge is 0.263 e. The number of nitrogens with zero attached hydrogens (tertiary/aromatic N) is 1. The van der Waals surface area contributed by atoms with Crippen molar-refractivity contribution in [3.05, 3.63) is 51.8 Å². The number of ether oxygens (including phenoxy) is 1. The van der Waals surface area contributed by atoms with E-state index < -0.39 is 10.0 Å². The number of hydrogen-bond donors (Lipinski definition) is 2. The molecule has 1 amide bonds. The van der Waals surface area contributed by atoms with Crippen molar-refractivity contribution in [2.45, 2.75) is 4.90 Å². The lowest BCUT2D eigenvalue weighted by molar-refractivity contribution is -0.118. The molecule has 0 saturated carbocycles. The molecule has 2 aromatic carbocycles. The van der Waals surface area contributed by atoms with Gasteiger partial charge in [-0.1, -0.05) is 23.2 Å². The first-order valence-electron chi connectivity index (χ1n) is 7.82. The summed E-state index contributed by atoms with van der Waals surface area (Å²) >= 11 is 12.9. The van der Waals surface area contributed by atoms with E-state index in [0.717, 1.165) is 11.3 Å². The Balaban J connectivity index is 1.59. The molecule has 2 N–H and O–H groups in total. The fourth-order valence-corrected chi connectivity index (χ4v) is 4.87. The third-order valence-corrected chi connectivity index (χ3v) is 6.80. The van der Waals surface area contributed by atoms with Crippen LogP contribution in [0, 0.1) is 0 Å². The van der Waals surface area contributed by atoms with Gasteiger partial charge in [-0.3, -0.25) is 9.52 Å². The number of nitrogens with one attached hydrogen (secondary N) is 2. The average Bonchev–Trinajstić information content (AvgIpc) is 3.11. The van der Waals surface area contributed by atoms with E-state index in [2.05, 4.69) is 15.0 Å². The highest BCUT2D eigenvalue weighted by molar-refractivity contribution is 7.93. The lowest BCUT2D eigenvalue weighted by atomic mass is 10.1. The number of rotatable bonds is 4. The van der Waals surface area contributed by atoms with Gasteiger partial charge in [0, 0.05) is 10.9 Å². The Hall–Kier alpha value is -2.33. The van der Waals surface area contributed by atoms with E-state index in [1.165, 1.54) is 18.2 Å². The lowest BCUT2D eigenvalue weighted by Crippen LogP contribution is -2.25. The van der Waals surface area contributed by atoms with Crippen molar-refractivity contribution in [2.24, 2.45) is 0 Å². The van der Waals surface area contributed by atoms with Gasteiger partial charge in [0.1, 0.15) is 5.75 Å². The number of fused-ring (bicyclic) bond motifs is 1. The maximum absolute atomic E-state index is 12.5. The number of anilines is 2. The van der Waals surface area contributed by atoms with Crippen LogP contribution in [0.25, 0.3) is 11.3 Å². The molecule has 2 heterocycles. The van der Waals surface area contributed by atoms with Crippen LogP contribution < -0.4 is 14.8 Å². The number of carbonyl (C=O) groups is 1. The molecular weight excluding hydrogens is 445 g/mol. The van der Waals surface area contributed by atoms with Crippen molar-refractivity contribution in [1.82, 2.24) is 4.98 Å². The molecule has 0 spiro atoms. The molecule has 4 rings (SSSR count). The van der Waals surface area contributed by atoms with Gasteiger partial charge in [-0.15, -0.1) is 11.3 Å². The summed E-state index contributed by atoms with van der Waals surface area (Å²) in [6.07, 6.45) is 0. The molecule has 7 nitrogen and oxygen atoms in total. The molecule has 0 atom stereocenters. The van der Waals surface area contributed by atoms with Crippen LogP contribution in [0.3, 0.4) is 0 Å². The Bertz CT molecular complexity index is 1190. The van der Waals surface area contributed by atoms with Crippen molar-refractivity contribution in [3.8, 4) is 17.0 Å². The second-order valence-corrected chi connectivity index (χ2v) is 9.12. The molecule has 0 fully saturated rings. The van der Waals surface area contributed by atoms with Crippen molar-refractivity contribution in [2.75, 3.05) is 16.6 Å². The van der Waals surface area contributed by atoms with Gasteiger partial charge in [-0.2, -0.15) is 0 Å². The van der Waals surface area contributed by atoms with Crippen LogP contribution >= 0.6 is 34.5 Å². The van der Waals surface area contributed by atoms with Crippen LogP contribution in [-0.2, 0) is 14.8 Å². The number of carbonyl (C=O) groups excluding carboxylic acids is 1. The summed E-state index contributed by atoms with van der Waals surface area (Å²) in [7, 11) is -3.87. The molecule has 144 valence electrons. The Kier molecular flexibility index (Phi) is 4.92. The minimum Gasteiger partial charge on any atom is -0.482 e. The van der Waals surface area contributed by atoms with Crippen molar-refractivity contribution >= 4 is 61.3 Å². The molecular formula is C17H11Cl2N3O4S2. The molecule has 1 aliphatic rings. The predicted octanol–water partition coefficient (Wildman–Crippen LogP) is 4.25. The van der Waals surface area contributed by atoms with E-state index in [9.17, 15) is 13.2 Å². The van der Waals surface area contributed by atoms with Gasteiger partial charge >= 0.3 is 0 Å². The van der Waals surface area contributed by atoms with E-state index in [-0.39, 0.29) is 32.6 Å². The van der Waals surface area contributed by atoms with Crippen LogP contribution in [0.1, 0.15) is 0 Å². The Morgan fingerprint density at radius 3 is 2.75 bits per heavy atom. The van der Waals surface area contributed by atoms with Gasteiger partial charge in [0.2, 0.25) is 0 Å². The van der Waals surface area contributed by atoms with E-state index in [4.69, 9.17) is 27.9 Å². The van der Waals surface area contributed by atoms with Gasteiger partial charge in [0.05, 0.1) is 26.3 Å². The fourth-order valence-electron chi connectivity index (χ4n) is 2.51. The van der Waals surface area contributed by atoms with Crippen LogP contribution in [-0.4, -0.2) is 25.9 Å². The zero-order valence-corrected chi connectivity index (χ0v) is 17.0. The average molecular weight is 456 g/mol. The third kappa shape index (κ3) is 3.79. The number of thiazole rings is 1. The highest BCUT2D eigenvalue weighted by Crippen LogP contribution is 2.34. The quantitative estimate of drug-likeness (QED) is 0.612. The summed E-state index contributed by atoms with van der Waals surface area (Å²) < 4.78 is 32.8. The molecule has 0 radical (unpaired) electrons. The SMILES string of the molecule is O=C1COc2ccc(-c3csc(NS(=O)(=O)c4ccc(Cl)c(Cl)c4)n3)cc2N1. The summed E-state index contributed by atoms with van der Waals surface area (Å²) in [5.41, 5.74) is 1.81. The molecule has 1 aromatic heterocycles. The summed E-state index contributed by atoms with van der Waals surface area (Å²) in [6, 6.07) is 9.27. The monoisotopic (exact) mass is 455 g/mol. The van der Waals surface area contributed by atoms with Crippen molar-refractivity contribution < 1.29 is 17.9 Å². The minimum atomic E-state index is -3.87. The van der Waals surface area contributed by atoms with Crippen LogP contribution in [0.2, 0.25) is 10.0 Å². The largest absolute Gasteiger partial charge is 0.482 e. The first kappa shape index (κ1) is 19.0. The highest BCUT2D eigenvalue weighted by atomic mass is 35.5. The topological polar surface area (TPSA) is 97.4 Å². The molecule has 0 bridgehead atoms. The molecule has 0 aliphatic carbocycles. The summed E-state index contributed by atoms with van der Waals surface area (Å²) in [6.45, 7) is -0.0241. The zero-order chi connectivity index (χ0) is 19.9. The molecule has 0 unspecified atom stereocenters. The Labute approximate surface area is 174 Å². The number of aromatic nitrogens is 1. The summed E-state index contributed by atoms with van der Waals surface area (Å²) in [4.78, 5) is 15.8. The molecule has 3 aromatic rings. The summed E-state index contributed by atoms with van der Waals surface area (Å²) in [5, 5.41) is 5.03. The fraction of sp³-hybridized carbons (Fsp3) is 0.0588. The van der Waals surface area contributed by atoms with E-state index in [0.29, 0.717) is 22.7 Å². The van der Waals surface area contributed by atoms with Gasteiger partial charge in [-0.05, 0) is 36.4 Å². The van der Waals surface area contributed by atoms with Crippen LogP contribution in [0.4, 0.5) is 10.8 Å². The van der Waals surface area contributed by atoms with E-state index >= 15 is 0 Å². The molecule has 1 aliphatic heterocycles. The second kappa shape index (κ2) is 7.25. The van der Waals surface area contributed by atoms with Gasteiger partial charge in [0.15, 0.2) is 11.7 Å². The maximum atomic E-state index is 12.5. The molecule has 0 saturated heterocycles. The van der Waals surface area contributed by atoms with Crippen LogP contribution in [0.5, 0.6) is 5.75 Å². The van der Waals surface area contributed by atoms with Crippen LogP contribution in [0.15, 0.2) is 46.7 Å². The first-order chi connectivity index (χ1) is 13.3. The number of amides is 1. The Morgan fingerprint density at radius 2 is 1.96 bits per heavy atom. The Morgan fingerprint density at radius 1 is 1.14 bits per heavy atom. The molecule has 28 heavy (non-hydrogen) atoms. The first-order valence-corrected chi connectivity index (χ1v) is 10.9. The van der Waals surface area contributed by atoms with Gasteiger partial charge in [0.25, 0.3) is 15.9 Å². The highest BCUT2D eigenvalue weighted by Gasteiger charge is 2.19. The van der Waals surface area contributed by atoms with Crippen molar-refractivity contribution in [3.63, 3.8) is 0 Å². The summed E-state index contributed by atoms with van der Waals surface area (Å²) in [5.74, 6) is 0.331. The maximum Gasteiger partial charge on any atom is 0.263 e. The molecule has 11 heteroatoms. The standard InChI is InChI=1S/C17H11Cl2N3O4S2/c18-11-3-2-10(6-12(11)19)28(24,25)22-17-21-14(8-27-17)9-1-4-15-13(5-9)20-16(23)7-26-15/h1-6,8H,7H2,(H,20,23)(H,21,22). The number of hydrogen-bond acceptors (Lipinski definition) is 6. The lowest BCUT2D eigenvalue weighted by Gasteiger charge is -2.18. The third-order valence-electron chi connectivity index (χ3n) is 3.84. The number of sulfonamides is 1. The van der Waals surface area contributed by atoms with Crippen molar-refractivity contribution in [1.29, 1.82) is 0 Å². The predicted molar refractivity (Wildman–Crippen MR) is 109 cm³/mol. The normalized spacial score (nSPS) is 13.4. The number of halogens is 2. The van der Waals surface area contributed by atoms with Gasteiger partial charge < -0.3 is 10.1 Å². The van der Waals surface area contributed by atoms with E-state index in [1.807, 2.05) is 0 Å². The zero-order valence-electron chi connectivity index (χ0n) is 13.9. The minimum absolute atomic E-state index is 0.0210. The van der Waals surface area contributed by atoms with Gasteiger partial charge in [-0.25, -0.2) is 13.4 Å².